The molecule has 0 aromatic carbocycles. The van der Waals surface area contributed by atoms with Gasteiger partial charge in [0.05, 0.1) is 6.10 Å². The zero-order valence-electron chi connectivity index (χ0n) is 13.3. The van der Waals surface area contributed by atoms with Crippen molar-refractivity contribution in [2.75, 3.05) is 53.4 Å². The van der Waals surface area contributed by atoms with Gasteiger partial charge in [0.1, 0.15) is 0 Å². The van der Waals surface area contributed by atoms with E-state index < -0.39 is 0 Å². The van der Waals surface area contributed by atoms with Gasteiger partial charge >= 0.3 is 0 Å². The van der Waals surface area contributed by atoms with E-state index in [1.165, 1.54) is 32.4 Å². The van der Waals surface area contributed by atoms with Crippen molar-refractivity contribution in [2.24, 2.45) is 0 Å². The average Bonchev–Trinajstić information content (AvgIpc) is 2.87. The van der Waals surface area contributed by atoms with Gasteiger partial charge in [-0.3, -0.25) is 4.90 Å². The van der Waals surface area contributed by atoms with E-state index in [0.717, 1.165) is 26.2 Å². The molecular weight excluding hydrogens is 238 g/mol. The molecule has 0 aromatic rings. The lowest BCUT2D eigenvalue weighted by atomic mass is 10.2. The maximum absolute atomic E-state index is 5.63. The normalized spacial score (nSPS) is 21.5. The van der Waals surface area contributed by atoms with Gasteiger partial charge in [-0.05, 0) is 59.9 Å². The molecule has 1 fully saturated rings. The third-order valence-electron chi connectivity index (χ3n) is 3.92. The first-order valence-electron chi connectivity index (χ1n) is 7.84. The fourth-order valence-corrected chi connectivity index (χ4v) is 2.67. The molecule has 0 bridgehead atoms. The number of nitrogens with zero attached hydrogens (tertiary/aromatic N) is 2. The minimum Gasteiger partial charge on any atom is -0.377 e. The van der Waals surface area contributed by atoms with Gasteiger partial charge < -0.3 is 15.0 Å². The van der Waals surface area contributed by atoms with Crippen molar-refractivity contribution in [1.82, 2.24) is 15.1 Å². The van der Waals surface area contributed by atoms with Crippen LogP contribution in [0.15, 0.2) is 0 Å². The highest BCUT2D eigenvalue weighted by Gasteiger charge is 2.16. The van der Waals surface area contributed by atoms with Crippen LogP contribution < -0.4 is 5.32 Å². The van der Waals surface area contributed by atoms with Crippen LogP contribution in [0.3, 0.4) is 0 Å². The fraction of sp³-hybridized carbons (Fsp3) is 1.00. The van der Waals surface area contributed by atoms with Gasteiger partial charge in [0.15, 0.2) is 0 Å². The second-order valence-corrected chi connectivity index (χ2v) is 5.93. The van der Waals surface area contributed by atoms with E-state index in [9.17, 15) is 0 Å². The van der Waals surface area contributed by atoms with Crippen molar-refractivity contribution in [3.05, 3.63) is 0 Å². The highest BCUT2D eigenvalue weighted by atomic mass is 16.5. The summed E-state index contributed by atoms with van der Waals surface area (Å²) in [4.78, 5) is 4.82. The first kappa shape index (κ1) is 16.9. The Labute approximate surface area is 119 Å². The Morgan fingerprint density at radius 1 is 1.32 bits per heavy atom. The number of ether oxygens (including phenoxy) is 1. The summed E-state index contributed by atoms with van der Waals surface area (Å²) in [5.41, 5.74) is 0. The third-order valence-corrected chi connectivity index (χ3v) is 3.92. The summed E-state index contributed by atoms with van der Waals surface area (Å²) in [5.74, 6) is 0. The van der Waals surface area contributed by atoms with Crippen molar-refractivity contribution in [2.45, 2.75) is 45.3 Å². The van der Waals surface area contributed by atoms with Crippen molar-refractivity contribution in [3.8, 4) is 0 Å². The lowest BCUT2D eigenvalue weighted by molar-refractivity contribution is 0.107. The maximum atomic E-state index is 5.63. The minimum absolute atomic E-state index is 0.455. The van der Waals surface area contributed by atoms with Crippen molar-refractivity contribution in [1.29, 1.82) is 0 Å². The molecule has 0 aromatic heterocycles. The van der Waals surface area contributed by atoms with Crippen molar-refractivity contribution < 1.29 is 4.74 Å². The van der Waals surface area contributed by atoms with E-state index in [2.05, 4.69) is 43.1 Å². The Hall–Kier alpha value is -0.160. The van der Waals surface area contributed by atoms with E-state index >= 15 is 0 Å². The van der Waals surface area contributed by atoms with Crippen LogP contribution in [0.4, 0.5) is 0 Å². The largest absolute Gasteiger partial charge is 0.377 e. The number of hydrogen-bond donors (Lipinski definition) is 1. The molecule has 0 aliphatic carbocycles. The number of likely N-dealkylation sites (N-methyl/N-ethyl adjacent to an activating group) is 1. The van der Waals surface area contributed by atoms with Crippen LogP contribution in [0, 0.1) is 0 Å². The molecule has 4 heteroatoms. The van der Waals surface area contributed by atoms with Crippen LogP contribution in [0.1, 0.15) is 33.1 Å². The molecule has 2 atom stereocenters. The van der Waals surface area contributed by atoms with Crippen LogP contribution in [-0.4, -0.2) is 75.4 Å². The lowest BCUT2D eigenvalue weighted by Gasteiger charge is -2.29. The number of hydrogen-bond acceptors (Lipinski definition) is 4. The second-order valence-electron chi connectivity index (χ2n) is 5.93. The Bertz CT molecular complexity index is 217. The molecule has 4 nitrogen and oxygen atoms in total. The summed E-state index contributed by atoms with van der Waals surface area (Å²) < 4.78 is 5.63. The van der Waals surface area contributed by atoms with Crippen molar-refractivity contribution >= 4 is 0 Å². The maximum Gasteiger partial charge on any atom is 0.0700 e. The monoisotopic (exact) mass is 271 g/mol. The molecule has 0 radical (unpaired) electrons. The zero-order chi connectivity index (χ0) is 14.1. The molecule has 1 aliphatic rings. The highest BCUT2D eigenvalue weighted by molar-refractivity contribution is 4.72. The van der Waals surface area contributed by atoms with E-state index in [1.807, 2.05) is 0 Å². The molecule has 1 heterocycles. The Morgan fingerprint density at radius 3 is 2.68 bits per heavy atom. The van der Waals surface area contributed by atoms with E-state index in [0.29, 0.717) is 12.1 Å². The minimum atomic E-state index is 0.455. The van der Waals surface area contributed by atoms with E-state index in [4.69, 9.17) is 4.74 Å². The SMILES string of the molecule is CCN(CCCN(C)C)C(C)CNCC1CCCO1. The summed E-state index contributed by atoms with van der Waals surface area (Å²) in [6.07, 6.45) is 4.16. The Morgan fingerprint density at radius 2 is 2.11 bits per heavy atom. The van der Waals surface area contributed by atoms with Crippen molar-refractivity contribution in [3.63, 3.8) is 0 Å². The Kier molecular flexibility index (Phi) is 8.62. The molecular formula is C15H33N3O. The summed E-state index contributed by atoms with van der Waals surface area (Å²) in [7, 11) is 4.28. The van der Waals surface area contributed by atoms with E-state index in [1.54, 1.807) is 0 Å². The summed E-state index contributed by atoms with van der Waals surface area (Å²) in [6, 6.07) is 0.605. The molecule has 114 valence electrons. The predicted molar refractivity (Wildman–Crippen MR) is 81.7 cm³/mol. The topological polar surface area (TPSA) is 27.7 Å². The van der Waals surface area contributed by atoms with Crippen LogP contribution in [0.5, 0.6) is 0 Å². The molecule has 1 aliphatic heterocycles. The number of rotatable bonds is 10. The quantitative estimate of drug-likeness (QED) is 0.650. The smallest absolute Gasteiger partial charge is 0.0700 e. The summed E-state index contributed by atoms with van der Waals surface area (Å²) >= 11 is 0. The first-order chi connectivity index (χ1) is 9.13. The molecule has 2 unspecified atom stereocenters. The van der Waals surface area contributed by atoms with Gasteiger partial charge in [-0.1, -0.05) is 6.92 Å². The Balaban J connectivity index is 2.11. The fourth-order valence-electron chi connectivity index (χ4n) is 2.67. The zero-order valence-corrected chi connectivity index (χ0v) is 13.3. The molecule has 19 heavy (non-hydrogen) atoms. The molecule has 1 rings (SSSR count). The lowest BCUT2D eigenvalue weighted by Crippen LogP contribution is -2.43. The summed E-state index contributed by atoms with van der Waals surface area (Å²) in [6.45, 7) is 11.1. The predicted octanol–water partition coefficient (Wildman–Crippen LogP) is 1.42. The third kappa shape index (κ3) is 7.25. The molecule has 0 saturated carbocycles. The van der Waals surface area contributed by atoms with Gasteiger partial charge in [0, 0.05) is 25.7 Å². The van der Waals surface area contributed by atoms with Gasteiger partial charge in [-0.2, -0.15) is 0 Å². The van der Waals surface area contributed by atoms with Crippen LogP contribution in [0.25, 0.3) is 0 Å². The highest BCUT2D eigenvalue weighted by Crippen LogP contribution is 2.10. The summed E-state index contributed by atoms with van der Waals surface area (Å²) in [5, 5.41) is 3.56. The second kappa shape index (κ2) is 9.70. The van der Waals surface area contributed by atoms with Crippen LogP contribution >= 0.6 is 0 Å². The molecule has 0 amide bonds. The standard InChI is InChI=1S/C15H33N3O/c1-5-18(10-7-9-17(3)4)14(2)12-16-13-15-8-6-11-19-15/h14-16H,5-13H2,1-4H3. The van der Waals surface area contributed by atoms with Gasteiger partial charge in [-0.15, -0.1) is 0 Å². The first-order valence-corrected chi connectivity index (χ1v) is 7.84. The van der Waals surface area contributed by atoms with Gasteiger partial charge in [-0.25, -0.2) is 0 Å². The molecule has 1 saturated heterocycles. The van der Waals surface area contributed by atoms with Crippen LogP contribution in [-0.2, 0) is 4.74 Å². The van der Waals surface area contributed by atoms with Crippen LogP contribution in [0.2, 0.25) is 0 Å². The number of nitrogens with one attached hydrogen (secondary N) is 1. The average molecular weight is 271 g/mol. The molecule has 0 spiro atoms. The van der Waals surface area contributed by atoms with Gasteiger partial charge in [0.2, 0.25) is 0 Å². The van der Waals surface area contributed by atoms with Gasteiger partial charge in [0.25, 0.3) is 0 Å². The van der Waals surface area contributed by atoms with E-state index in [-0.39, 0.29) is 0 Å². The molecule has 1 N–H and O–H groups in total.